The summed E-state index contributed by atoms with van der Waals surface area (Å²) in [6.07, 6.45) is 11.3. The van der Waals surface area contributed by atoms with E-state index in [1.54, 1.807) is 0 Å². The fraction of sp³-hybridized carbons (Fsp3) is 0.889. The first-order valence-electron chi connectivity index (χ1n) is 9.71. The van der Waals surface area contributed by atoms with E-state index < -0.39 is 33.7 Å². The van der Waals surface area contributed by atoms with Gasteiger partial charge in [0, 0.05) is 6.61 Å². The lowest BCUT2D eigenvalue weighted by atomic mass is 10.1. The van der Waals surface area contributed by atoms with Crippen molar-refractivity contribution in [1.82, 2.24) is 0 Å². The molecule has 0 rings (SSSR count). The van der Waals surface area contributed by atoms with Gasteiger partial charge in [-0.15, -0.1) is 0 Å². The molecule has 9 heteroatoms. The molecule has 0 fully saturated rings. The summed E-state index contributed by atoms with van der Waals surface area (Å²) in [6.45, 7) is 2.84. The van der Waals surface area contributed by atoms with Crippen LogP contribution < -0.4 is 0 Å². The first-order chi connectivity index (χ1) is 12.8. The van der Waals surface area contributed by atoms with E-state index in [-0.39, 0.29) is 13.2 Å². The van der Waals surface area contributed by atoms with E-state index in [0.717, 1.165) is 12.8 Å². The second-order valence-electron chi connectivity index (χ2n) is 6.56. The lowest BCUT2D eigenvalue weighted by Gasteiger charge is -2.09. The molecule has 0 heterocycles. The number of aliphatic carboxylic acids is 1. The van der Waals surface area contributed by atoms with Crippen LogP contribution in [0.2, 0.25) is 0 Å². The third kappa shape index (κ3) is 15.6. The SMILES string of the molecule is CCCCCCCCCCCCOCCOC(=O)C[C@@H](C(=O)O)S(=O)(=O)O. The Balaban J connectivity index is 3.51. The first-order valence-corrected chi connectivity index (χ1v) is 11.2. The van der Waals surface area contributed by atoms with Crippen LogP contribution in [0.3, 0.4) is 0 Å². The van der Waals surface area contributed by atoms with Crippen LogP contribution >= 0.6 is 0 Å². The Hall–Kier alpha value is -1.19. The first kappa shape index (κ1) is 25.8. The molecular formula is C18H34O8S. The fourth-order valence-corrected chi connectivity index (χ4v) is 3.14. The van der Waals surface area contributed by atoms with Gasteiger partial charge in [0.2, 0.25) is 0 Å². The van der Waals surface area contributed by atoms with Crippen molar-refractivity contribution in [1.29, 1.82) is 0 Å². The minimum absolute atomic E-state index is 0.0889. The molecular weight excluding hydrogens is 376 g/mol. The zero-order valence-electron chi connectivity index (χ0n) is 16.2. The molecule has 0 aliphatic carbocycles. The highest BCUT2D eigenvalue weighted by Crippen LogP contribution is 2.10. The maximum absolute atomic E-state index is 11.4. The minimum Gasteiger partial charge on any atom is -0.480 e. The van der Waals surface area contributed by atoms with E-state index >= 15 is 0 Å². The van der Waals surface area contributed by atoms with Crippen LogP contribution in [-0.2, 0) is 29.2 Å². The summed E-state index contributed by atoms with van der Waals surface area (Å²) < 4.78 is 40.5. The van der Waals surface area contributed by atoms with Crippen molar-refractivity contribution < 1.29 is 37.1 Å². The normalized spacial score (nSPS) is 12.7. The van der Waals surface area contributed by atoms with E-state index in [4.69, 9.17) is 19.1 Å². The van der Waals surface area contributed by atoms with Crippen LogP contribution in [0.15, 0.2) is 0 Å². The summed E-state index contributed by atoms with van der Waals surface area (Å²) >= 11 is 0. The summed E-state index contributed by atoms with van der Waals surface area (Å²) in [5.41, 5.74) is 0. The van der Waals surface area contributed by atoms with Gasteiger partial charge in [0.1, 0.15) is 6.61 Å². The van der Waals surface area contributed by atoms with Gasteiger partial charge in [-0.2, -0.15) is 8.42 Å². The van der Waals surface area contributed by atoms with E-state index in [1.165, 1.54) is 51.4 Å². The van der Waals surface area contributed by atoms with Gasteiger partial charge in [-0.05, 0) is 6.42 Å². The number of carboxylic acid groups (broad SMARTS) is 1. The van der Waals surface area contributed by atoms with Gasteiger partial charge in [0.25, 0.3) is 10.1 Å². The maximum atomic E-state index is 11.4. The quantitative estimate of drug-likeness (QED) is 0.200. The second kappa shape index (κ2) is 15.8. The van der Waals surface area contributed by atoms with Crippen molar-refractivity contribution in [3.63, 3.8) is 0 Å². The number of carboxylic acids is 1. The van der Waals surface area contributed by atoms with Gasteiger partial charge in [-0.25, -0.2) is 0 Å². The highest BCUT2D eigenvalue weighted by atomic mass is 32.2. The molecule has 0 aliphatic rings. The molecule has 0 aromatic carbocycles. The highest BCUT2D eigenvalue weighted by Gasteiger charge is 2.33. The topological polar surface area (TPSA) is 127 Å². The summed E-state index contributed by atoms with van der Waals surface area (Å²) in [7, 11) is -4.85. The molecule has 0 bridgehead atoms. The molecule has 0 amide bonds. The van der Waals surface area contributed by atoms with Crippen LogP contribution in [0.4, 0.5) is 0 Å². The predicted octanol–water partition coefficient (Wildman–Crippen LogP) is 3.20. The number of unbranched alkanes of at least 4 members (excludes halogenated alkanes) is 9. The lowest BCUT2D eigenvalue weighted by Crippen LogP contribution is -2.32. The van der Waals surface area contributed by atoms with Crippen molar-refractivity contribution in [2.24, 2.45) is 0 Å². The smallest absolute Gasteiger partial charge is 0.325 e. The Morgan fingerprint density at radius 2 is 1.37 bits per heavy atom. The zero-order valence-corrected chi connectivity index (χ0v) is 17.0. The third-order valence-electron chi connectivity index (χ3n) is 4.12. The van der Waals surface area contributed by atoms with Crippen molar-refractivity contribution in [3.05, 3.63) is 0 Å². The van der Waals surface area contributed by atoms with Crippen molar-refractivity contribution in [3.8, 4) is 0 Å². The van der Waals surface area contributed by atoms with Gasteiger partial charge >= 0.3 is 11.9 Å². The molecule has 0 aliphatic heterocycles. The summed E-state index contributed by atoms with van der Waals surface area (Å²) in [5, 5.41) is 6.47. The molecule has 2 N–H and O–H groups in total. The number of rotatable bonds is 18. The van der Waals surface area contributed by atoms with Crippen molar-refractivity contribution in [2.45, 2.75) is 82.8 Å². The standard InChI is InChI=1S/C18H34O8S/c1-2-3-4-5-6-7-8-9-10-11-12-25-13-14-26-17(19)15-16(18(20)21)27(22,23)24/h16H,2-15H2,1H3,(H,20,21)(H,22,23,24)/t16-/m0/s1. The Bertz CT molecular complexity index is 503. The van der Waals surface area contributed by atoms with Gasteiger partial charge in [0.05, 0.1) is 13.0 Å². The monoisotopic (exact) mass is 410 g/mol. The van der Waals surface area contributed by atoms with Crippen LogP contribution in [0, 0.1) is 0 Å². The molecule has 160 valence electrons. The van der Waals surface area contributed by atoms with Gasteiger partial charge < -0.3 is 14.6 Å². The molecule has 0 unspecified atom stereocenters. The number of carbonyl (C=O) groups is 2. The van der Waals surface area contributed by atoms with Crippen LogP contribution in [0.1, 0.15) is 77.6 Å². The average molecular weight is 411 g/mol. The molecule has 0 saturated heterocycles. The molecule has 0 spiro atoms. The Kier molecular flexibility index (Phi) is 15.1. The lowest BCUT2D eigenvalue weighted by molar-refractivity contribution is -0.148. The van der Waals surface area contributed by atoms with E-state index in [2.05, 4.69) is 6.92 Å². The van der Waals surface area contributed by atoms with E-state index in [9.17, 15) is 18.0 Å². The Labute approximate surface area is 162 Å². The zero-order chi connectivity index (χ0) is 20.5. The van der Waals surface area contributed by atoms with E-state index in [1.807, 2.05) is 0 Å². The van der Waals surface area contributed by atoms with Crippen molar-refractivity contribution >= 4 is 22.1 Å². The largest absolute Gasteiger partial charge is 0.480 e. The second-order valence-corrected chi connectivity index (χ2v) is 8.16. The molecule has 8 nitrogen and oxygen atoms in total. The Morgan fingerprint density at radius 3 is 1.85 bits per heavy atom. The van der Waals surface area contributed by atoms with Crippen molar-refractivity contribution in [2.75, 3.05) is 19.8 Å². The van der Waals surface area contributed by atoms with Crippen LogP contribution in [0.5, 0.6) is 0 Å². The molecule has 27 heavy (non-hydrogen) atoms. The summed E-state index contributed by atoms with van der Waals surface area (Å²) in [5.74, 6) is -2.81. The van der Waals surface area contributed by atoms with Gasteiger partial charge in [-0.3, -0.25) is 14.1 Å². The van der Waals surface area contributed by atoms with Crippen LogP contribution in [0.25, 0.3) is 0 Å². The molecule has 0 aromatic rings. The molecule has 0 saturated carbocycles. The molecule has 0 radical (unpaired) electrons. The predicted molar refractivity (Wildman–Crippen MR) is 101 cm³/mol. The van der Waals surface area contributed by atoms with Gasteiger partial charge in [0.15, 0.2) is 5.25 Å². The Morgan fingerprint density at radius 1 is 0.852 bits per heavy atom. The summed E-state index contributed by atoms with van der Waals surface area (Å²) in [6, 6.07) is 0. The minimum atomic E-state index is -4.85. The number of hydrogen-bond acceptors (Lipinski definition) is 6. The summed E-state index contributed by atoms with van der Waals surface area (Å²) in [4.78, 5) is 22.1. The van der Waals surface area contributed by atoms with E-state index in [0.29, 0.717) is 6.61 Å². The maximum Gasteiger partial charge on any atom is 0.325 e. The van der Waals surface area contributed by atoms with Crippen LogP contribution in [-0.4, -0.2) is 55.1 Å². The number of esters is 1. The number of carbonyl (C=O) groups excluding carboxylic acids is 1. The third-order valence-corrected chi connectivity index (χ3v) is 5.21. The average Bonchev–Trinajstić information content (AvgIpc) is 2.58. The molecule has 0 aromatic heterocycles. The van der Waals surface area contributed by atoms with Gasteiger partial charge in [-0.1, -0.05) is 64.7 Å². The number of hydrogen-bond donors (Lipinski definition) is 2. The fourth-order valence-electron chi connectivity index (χ4n) is 2.54. The molecule has 1 atom stereocenters. The number of ether oxygens (including phenoxy) is 2. The highest BCUT2D eigenvalue weighted by molar-refractivity contribution is 7.87.